The van der Waals surface area contributed by atoms with Crippen LogP contribution in [-0.2, 0) is 11.3 Å². The van der Waals surface area contributed by atoms with Gasteiger partial charge in [0.05, 0.1) is 5.03 Å². The Bertz CT molecular complexity index is 1280. The molecule has 33 heavy (non-hydrogen) atoms. The van der Waals surface area contributed by atoms with Gasteiger partial charge in [-0.2, -0.15) is 0 Å². The van der Waals surface area contributed by atoms with E-state index >= 15 is 0 Å². The summed E-state index contributed by atoms with van der Waals surface area (Å²) in [7, 11) is 0. The molecule has 3 aliphatic rings. The summed E-state index contributed by atoms with van der Waals surface area (Å²) in [6.07, 6.45) is 3.86. The van der Waals surface area contributed by atoms with E-state index in [0.717, 1.165) is 32.1 Å². The number of anilines is 1. The number of benzene rings is 2. The summed E-state index contributed by atoms with van der Waals surface area (Å²) in [5.74, 6) is 2.02. The lowest BCUT2D eigenvalue weighted by Gasteiger charge is -2.40. The van der Waals surface area contributed by atoms with Gasteiger partial charge in [0, 0.05) is 26.8 Å². The van der Waals surface area contributed by atoms with E-state index in [9.17, 15) is 9.59 Å². The predicted molar refractivity (Wildman–Crippen MR) is 136 cm³/mol. The number of nitrogens with zero attached hydrogens (tertiary/aromatic N) is 1. The fraction of sp³-hybridized carbons (Fsp3) is 0.385. The van der Waals surface area contributed by atoms with Gasteiger partial charge in [0.25, 0.3) is 0 Å². The van der Waals surface area contributed by atoms with Gasteiger partial charge in [-0.1, -0.05) is 47.2 Å². The molecular weight excluding hydrogens is 472 g/mol. The zero-order valence-corrected chi connectivity index (χ0v) is 20.7. The van der Waals surface area contributed by atoms with E-state index < -0.39 is 0 Å². The molecule has 2 aromatic carbocycles. The molecule has 1 amide bonds. The second-order valence-electron chi connectivity index (χ2n) is 9.56. The minimum Gasteiger partial charge on any atom is -0.325 e. The number of thioether (sulfide) groups is 1. The van der Waals surface area contributed by atoms with Crippen molar-refractivity contribution in [1.29, 1.82) is 0 Å². The number of nitrogens with one attached hydrogen (secondary N) is 1. The summed E-state index contributed by atoms with van der Waals surface area (Å²) in [4.78, 5) is 27.1. The third-order valence-corrected chi connectivity index (χ3v) is 10.6. The van der Waals surface area contributed by atoms with Crippen molar-refractivity contribution in [2.45, 2.75) is 48.9 Å². The largest absolute Gasteiger partial charge is 0.325 e. The normalized spacial score (nSPS) is 27.3. The van der Waals surface area contributed by atoms with Gasteiger partial charge < -0.3 is 5.32 Å². The van der Waals surface area contributed by atoms with E-state index in [2.05, 4.69) is 17.4 Å². The van der Waals surface area contributed by atoms with Crippen molar-refractivity contribution < 1.29 is 4.79 Å². The molecule has 3 aromatic rings. The summed E-state index contributed by atoms with van der Waals surface area (Å²) in [6.45, 7) is 2.04. The molecule has 5 atom stereocenters. The number of thiazole rings is 1. The van der Waals surface area contributed by atoms with Crippen molar-refractivity contribution in [1.82, 2.24) is 4.57 Å². The quantitative estimate of drug-likeness (QED) is 0.470. The third kappa shape index (κ3) is 3.76. The predicted octanol–water partition coefficient (Wildman–Crippen LogP) is 6.16. The number of halogens is 1. The first-order valence-corrected chi connectivity index (χ1v) is 13.6. The summed E-state index contributed by atoms with van der Waals surface area (Å²) < 4.78 is 1.71. The highest BCUT2D eigenvalue weighted by atomic mass is 35.5. The van der Waals surface area contributed by atoms with Crippen molar-refractivity contribution in [2.24, 2.45) is 17.8 Å². The highest BCUT2D eigenvalue weighted by Gasteiger charge is 2.55. The first kappa shape index (κ1) is 21.5. The number of rotatable bonds is 4. The van der Waals surface area contributed by atoms with Gasteiger partial charge in [0.2, 0.25) is 5.91 Å². The molecule has 1 aliphatic heterocycles. The number of aromatic nitrogens is 1. The first-order valence-electron chi connectivity index (χ1n) is 11.5. The van der Waals surface area contributed by atoms with Crippen LogP contribution in [0.4, 0.5) is 5.69 Å². The molecule has 1 aromatic heterocycles. The van der Waals surface area contributed by atoms with Crippen LogP contribution in [0, 0.1) is 24.7 Å². The van der Waals surface area contributed by atoms with Gasteiger partial charge in [0.1, 0.15) is 6.54 Å². The molecule has 0 saturated heterocycles. The Labute approximate surface area is 206 Å². The van der Waals surface area contributed by atoms with E-state index in [0.29, 0.717) is 17.1 Å². The maximum absolute atomic E-state index is 13.1. The highest BCUT2D eigenvalue weighted by molar-refractivity contribution is 8.00. The number of carbonyl (C=O) groups is 1. The Kier molecular flexibility index (Phi) is 5.43. The van der Waals surface area contributed by atoms with Gasteiger partial charge in [0.15, 0.2) is 0 Å². The molecule has 2 aliphatic carbocycles. The Balaban J connectivity index is 1.37. The highest BCUT2D eigenvalue weighted by Crippen LogP contribution is 2.64. The molecule has 4 nitrogen and oxygen atoms in total. The van der Waals surface area contributed by atoms with Crippen molar-refractivity contribution in [3.05, 3.63) is 79.2 Å². The van der Waals surface area contributed by atoms with Crippen molar-refractivity contribution in [3.63, 3.8) is 0 Å². The average Bonchev–Trinajstić information content (AvgIpc) is 3.48. The Morgan fingerprint density at radius 3 is 2.73 bits per heavy atom. The summed E-state index contributed by atoms with van der Waals surface area (Å²) in [5.41, 5.74) is 3.08. The number of amides is 1. The van der Waals surface area contributed by atoms with Gasteiger partial charge >= 0.3 is 4.87 Å². The van der Waals surface area contributed by atoms with E-state index in [-0.39, 0.29) is 23.2 Å². The van der Waals surface area contributed by atoms with Crippen LogP contribution in [0.15, 0.2) is 58.4 Å². The minimum absolute atomic E-state index is 0.0434. The monoisotopic (exact) mass is 496 g/mol. The topological polar surface area (TPSA) is 51.1 Å². The number of hydrogen-bond donors (Lipinski definition) is 1. The standard InChI is InChI=1S/C26H25ClN2O2S2/c1-14-3-2-4-19(11-14)28-20(30)13-29-25-24(33-26(29)31)21(15-7-9-18(27)10-8-15)22-16-5-6-17(12-16)23(22)32-25/h2-4,7-11,16-17,21-23H,5-6,12-13H2,1H3,(H,28,30)/t16-,17-,21-,22+,23-/m0/s1. The Morgan fingerprint density at radius 2 is 1.94 bits per heavy atom. The molecule has 170 valence electrons. The number of carbonyl (C=O) groups excluding carboxylic acids is 1. The molecule has 0 radical (unpaired) electrons. The fourth-order valence-corrected chi connectivity index (χ4v) is 9.47. The van der Waals surface area contributed by atoms with E-state index in [1.165, 1.54) is 36.2 Å². The minimum atomic E-state index is -0.165. The molecule has 6 rings (SSSR count). The Hall–Kier alpha value is -2.02. The van der Waals surface area contributed by atoms with Crippen molar-refractivity contribution >= 4 is 46.3 Å². The first-order chi connectivity index (χ1) is 16.0. The van der Waals surface area contributed by atoms with Gasteiger partial charge in [-0.15, -0.1) is 11.8 Å². The SMILES string of the molecule is Cc1cccc(NC(=O)Cn2c3c(sc2=O)[C@@H](c2ccc(Cl)cc2)[C@H]2[C@H]4CC[C@@H](C4)[C@@H]2S3)c1. The van der Waals surface area contributed by atoms with Crippen LogP contribution >= 0.6 is 34.7 Å². The van der Waals surface area contributed by atoms with E-state index in [1.54, 1.807) is 4.57 Å². The van der Waals surface area contributed by atoms with Crippen LogP contribution in [0.2, 0.25) is 5.02 Å². The molecular formula is C26H25ClN2O2S2. The lowest BCUT2D eigenvalue weighted by Crippen LogP contribution is -2.34. The Morgan fingerprint density at radius 1 is 1.15 bits per heavy atom. The van der Waals surface area contributed by atoms with Crippen LogP contribution in [0.1, 0.15) is 41.2 Å². The second-order valence-corrected chi connectivity index (χ2v) is 12.2. The van der Waals surface area contributed by atoms with Crippen LogP contribution in [0.3, 0.4) is 0 Å². The van der Waals surface area contributed by atoms with Gasteiger partial charge in [-0.25, -0.2) is 0 Å². The molecule has 2 saturated carbocycles. The van der Waals surface area contributed by atoms with E-state index in [1.807, 2.05) is 55.1 Å². The molecule has 7 heteroatoms. The summed E-state index contributed by atoms with van der Waals surface area (Å²) in [5, 5.41) is 5.20. The molecule has 1 N–H and O–H groups in total. The molecule has 2 bridgehead atoms. The van der Waals surface area contributed by atoms with Crippen molar-refractivity contribution in [2.75, 3.05) is 5.32 Å². The van der Waals surface area contributed by atoms with E-state index in [4.69, 9.17) is 11.6 Å². The summed E-state index contributed by atoms with van der Waals surface area (Å²) >= 11 is 9.37. The van der Waals surface area contributed by atoms with Crippen molar-refractivity contribution in [3.8, 4) is 0 Å². The second kappa shape index (κ2) is 8.33. The molecule has 2 fully saturated rings. The van der Waals surface area contributed by atoms with Gasteiger partial charge in [-0.05, 0) is 79.3 Å². The summed E-state index contributed by atoms with van der Waals surface area (Å²) in [6, 6.07) is 15.9. The van der Waals surface area contributed by atoms with Crippen LogP contribution in [0.25, 0.3) is 0 Å². The zero-order valence-electron chi connectivity index (χ0n) is 18.3. The fourth-order valence-electron chi connectivity index (χ4n) is 6.20. The molecule has 0 spiro atoms. The number of hydrogen-bond acceptors (Lipinski definition) is 4. The average molecular weight is 497 g/mol. The third-order valence-electron chi connectivity index (χ3n) is 7.52. The lowest BCUT2D eigenvalue weighted by atomic mass is 9.75. The maximum Gasteiger partial charge on any atom is 0.308 e. The van der Waals surface area contributed by atoms with Crippen LogP contribution in [0.5, 0.6) is 0 Å². The lowest BCUT2D eigenvalue weighted by molar-refractivity contribution is -0.116. The van der Waals surface area contributed by atoms with Crippen LogP contribution in [-0.4, -0.2) is 15.7 Å². The number of fused-ring (bicyclic) bond motifs is 6. The van der Waals surface area contributed by atoms with Crippen LogP contribution < -0.4 is 10.2 Å². The maximum atomic E-state index is 13.1. The molecule has 2 heterocycles. The molecule has 0 unspecified atom stereocenters. The smallest absolute Gasteiger partial charge is 0.308 e. The number of aryl methyl sites for hydroxylation is 1. The van der Waals surface area contributed by atoms with Gasteiger partial charge in [-0.3, -0.25) is 14.2 Å². The zero-order chi connectivity index (χ0) is 22.7.